The first-order chi connectivity index (χ1) is 8.99. The second-order valence-corrected chi connectivity index (χ2v) is 5.31. The van der Waals surface area contributed by atoms with Crippen molar-refractivity contribution >= 4 is 17.3 Å². The van der Waals surface area contributed by atoms with E-state index in [0.717, 1.165) is 26.1 Å². The van der Waals surface area contributed by atoms with Gasteiger partial charge in [-0.05, 0) is 45.1 Å². The molecule has 1 aromatic rings. The van der Waals surface area contributed by atoms with Crippen LogP contribution in [-0.2, 0) is 0 Å². The van der Waals surface area contributed by atoms with Crippen LogP contribution in [0.2, 0.25) is 0 Å². The first-order valence-electron chi connectivity index (χ1n) is 6.63. The summed E-state index contributed by atoms with van der Waals surface area (Å²) >= 11 is 0. The van der Waals surface area contributed by atoms with Crippen LogP contribution in [0.15, 0.2) is 18.2 Å². The van der Waals surface area contributed by atoms with Gasteiger partial charge >= 0.3 is 0 Å². The van der Waals surface area contributed by atoms with Crippen LogP contribution in [0.1, 0.15) is 23.7 Å². The smallest absolute Gasteiger partial charge is 0.256 e. The molecule has 0 saturated carbocycles. The maximum atomic E-state index is 12.6. The Morgan fingerprint density at radius 2 is 2.05 bits per heavy atom. The van der Waals surface area contributed by atoms with E-state index in [4.69, 9.17) is 11.5 Å². The lowest BCUT2D eigenvalue weighted by atomic mass is 10.1. The van der Waals surface area contributed by atoms with Crippen LogP contribution in [0.25, 0.3) is 0 Å². The molecule has 0 bridgehead atoms. The highest BCUT2D eigenvalue weighted by atomic mass is 16.2. The summed E-state index contributed by atoms with van der Waals surface area (Å²) in [6, 6.07) is 5.27. The minimum Gasteiger partial charge on any atom is -0.399 e. The van der Waals surface area contributed by atoms with E-state index in [9.17, 15) is 4.79 Å². The molecule has 4 N–H and O–H groups in total. The van der Waals surface area contributed by atoms with Gasteiger partial charge in [-0.1, -0.05) is 0 Å². The van der Waals surface area contributed by atoms with Crippen LogP contribution in [0, 0.1) is 0 Å². The molecule has 0 aromatic heterocycles. The van der Waals surface area contributed by atoms with Crippen molar-refractivity contribution in [1.82, 2.24) is 9.80 Å². The molecule has 1 aliphatic heterocycles. The molecule has 1 saturated heterocycles. The first kappa shape index (κ1) is 13.7. The zero-order valence-electron chi connectivity index (χ0n) is 11.6. The minimum atomic E-state index is 0.000278. The number of rotatable bonds is 1. The average Bonchev–Trinajstić information content (AvgIpc) is 2.49. The molecule has 2 rings (SSSR count). The highest BCUT2D eigenvalue weighted by Crippen LogP contribution is 2.20. The van der Waals surface area contributed by atoms with E-state index in [0.29, 0.717) is 16.9 Å². The number of nitrogens with two attached hydrogens (primary N) is 2. The van der Waals surface area contributed by atoms with Crippen LogP contribution in [-0.4, -0.2) is 48.4 Å². The van der Waals surface area contributed by atoms with Gasteiger partial charge in [-0.2, -0.15) is 0 Å². The second kappa shape index (κ2) is 5.48. The molecule has 1 atom stereocenters. The third-order valence-corrected chi connectivity index (χ3v) is 3.61. The SMILES string of the molecule is CC1CN(C)CCCN1C(=O)c1ccc(N)cc1N. The van der Waals surface area contributed by atoms with Crippen LogP contribution >= 0.6 is 0 Å². The molecule has 19 heavy (non-hydrogen) atoms. The van der Waals surface area contributed by atoms with E-state index < -0.39 is 0 Å². The molecule has 1 fully saturated rings. The summed E-state index contributed by atoms with van der Waals surface area (Å²) < 4.78 is 0. The van der Waals surface area contributed by atoms with Crippen molar-refractivity contribution in [3.8, 4) is 0 Å². The number of anilines is 2. The maximum Gasteiger partial charge on any atom is 0.256 e. The summed E-state index contributed by atoms with van der Waals surface area (Å²) in [5, 5.41) is 0. The predicted octanol–water partition coefficient (Wildman–Crippen LogP) is 1.02. The fraction of sp³-hybridized carbons (Fsp3) is 0.500. The number of carbonyl (C=O) groups excluding carboxylic acids is 1. The Bertz CT molecular complexity index is 475. The van der Waals surface area contributed by atoms with E-state index in [2.05, 4.69) is 18.9 Å². The zero-order valence-corrected chi connectivity index (χ0v) is 11.6. The lowest BCUT2D eigenvalue weighted by Crippen LogP contribution is -2.42. The number of benzene rings is 1. The summed E-state index contributed by atoms with van der Waals surface area (Å²) in [7, 11) is 2.09. The van der Waals surface area contributed by atoms with Crippen molar-refractivity contribution in [3.05, 3.63) is 23.8 Å². The van der Waals surface area contributed by atoms with Crippen molar-refractivity contribution < 1.29 is 4.79 Å². The van der Waals surface area contributed by atoms with Crippen molar-refractivity contribution in [3.63, 3.8) is 0 Å². The van der Waals surface area contributed by atoms with Crippen LogP contribution in [0.4, 0.5) is 11.4 Å². The maximum absolute atomic E-state index is 12.6. The summed E-state index contributed by atoms with van der Waals surface area (Å²) in [4.78, 5) is 16.8. The topological polar surface area (TPSA) is 75.6 Å². The number of amides is 1. The summed E-state index contributed by atoms with van der Waals surface area (Å²) in [5.41, 5.74) is 13.1. The van der Waals surface area contributed by atoms with E-state index in [1.165, 1.54) is 0 Å². The van der Waals surface area contributed by atoms with Crippen molar-refractivity contribution in [2.24, 2.45) is 0 Å². The largest absolute Gasteiger partial charge is 0.399 e. The molecule has 5 nitrogen and oxygen atoms in total. The number of hydrogen-bond acceptors (Lipinski definition) is 4. The van der Waals surface area contributed by atoms with Gasteiger partial charge < -0.3 is 21.3 Å². The zero-order chi connectivity index (χ0) is 14.0. The Balaban J connectivity index is 2.22. The van der Waals surface area contributed by atoms with Gasteiger partial charge in [0.25, 0.3) is 5.91 Å². The quantitative estimate of drug-likeness (QED) is 0.741. The molecular formula is C14H22N4O. The van der Waals surface area contributed by atoms with Gasteiger partial charge in [0, 0.05) is 30.5 Å². The fourth-order valence-electron chi connectivity index (χ4n) is 2.60. The molecule has 0 aliphatic carbocycles. The Morgan fingerprint density at radius 1 is 1.32 bits per heavy atom. The molecule has 1 aliphatic rings. The van der Waals surface area contributed by atoms with Gasteiger partial charge in [-0.15, -0.1) is 0 Å². The van der Waals surface area contributed by atoms with Gasteiger partial charge in [0.1, 0.15) is 0 Å². The Labute approximate surface area is 114 Å². The monoisotopic (exact) mass is 262 g/mol. The third-order valence-electron chi connectivity index (χ3n) is 3.61. The summed E-state index contributed by atoms with van der Waals surface area (Å²) in [6.45, 7) is 4.76. The highest BCUT2D eigenvalue weighted by Gasteiger charge is 2.25. The Morgan fingerprint density at radius 3 is 2.74 bits per heavy atom. The summed E-state index contributed by atoms with van der Waals surface area (Å²) in [5.74, 6) is 0.000278. The van der Waals surface area contributed by atoms with Gasteiger partial charge in [-0.25, -0.2) is 0 Å². The Kier molecular flexibility index (Phi) is 3.95. The number of carbonyl (C=O) groups is 1. The lowest BCUT2D eigenvalue weighted by Gasteiger charge is -2.28. The van der Waals surface area contributed by atoms with Gasteiger partial charge in [-0.3, -0.25) is 4.79 Å². The number of nitrogen functional groups attached to an aromatic ring is 2. The summed E-state index contributed by atoms with van der Waals surface area (Å²) in [6.07, 6.45) is 0.988. The molecule has 104 valence electrons. The molecule has 5 heteroatoms. The minimum absolute atomic E-state index is 0.000278. The average molecular weight is 262 g/mol. The molecule has 0 spiro atoms. The molecule has 1 unspecified atom stereocenters. The number of hydrogen-bond donors (Lipinski definition) is 2. The fourth-order valence-corrected chi connectivity index (χ4v) is 2.60. The van der Waals surface area contributed by atoms with E-state index in [1.54, 1.807) is 18.2 Å². The van der Waals surface area contributed by atoms with Crippen molar-refractivity contribution in [1.29, 1.82) is 0 Å². The van der Waals surface area contributed by atoms with E-state index in [-0.39, 0.29) is 11.9 Å². The normalized spacial score (nSPS) is 21.2. The first-order valence-corrected chi connectivity index (χ1v) is 6.63. The highest BCUT2D eigenvalue weighted by molar-refractivity contribution is 5.99. The lowest BCUT2D eigenvalue weighted by molar-refractivity contribution is 0.0697. The van der Waals surface area contributed by atoms with Gasteiger partial charge in [0.2, 0.25) is 0 Å². The molecular weight excluding hydrogens is 240 g/mol. The van der Waals surface area contributed by atoms with Crippen LogP contribution < -0.4 is 11.5 Å². The van der Waals surface area contributed by atoms with Crippen LogP contribution in [0.5, 0.6) is 0 Å². The second-order valence-electron chi connectivity index (χ2n) is 5.31. The molecule has 1 heterocycles. The predicted molar refractivity (Wildman–Crippen MR) is 77.9 cm³/mol. The van der Waals surface area contributed by atoms with Crippen molar-refractivity contribution in [2.75, 3.05) is 38.1 Å². The van der Waals surface area contributed by atoms with Gasteiger partial charge in [0.15, 0.2) is 0 Å². The molecule has 1 amide bonds. The molecule has 1 aromatic carbocycles. The van der Waals surface area contributed by atoms with E-state index in [1.807, 2.05) is 4.90 Å². The third kappa shape index (κ3) is 2.98. The van der Waals surface area contributed by atoms with Crippen molar-refractivity contribution in [2.45, 2.75) is 19.4 Å². The number of likely N-dealkylation sites (N-methyl/N-ethyl adjacent to an activating group) is 1. The van der Waals surface area contributed by atoms with Gasteiger partial charge in [0.05, 0.1) is 5.56 Å². The standard InChI is InChI=1S/C14H22N4O/c1-10-9-17(2)6-3-7-18(10)14(19)12-5-4-11(15)8-13(12)16/h4-5,8,10H,3,6-7,9,15-16H2,1-2H3. The Hall–Kier alpha value is -1.75. The molecule has 0 radical (unpaired) electrons. The number of nitrogens with zero attached hydrogens (tertiary/aromatic N) is 2. The van der Waals surface area contributed by atoms with E-state index >= 15 is 0 Å². The van der Waals surface area contributed by atoms with Crippen LogP contribution in [0.3, 0.4) is 0 Å².